The second-order valence-electron chi connectivity index (χ2n) is 11.2. The van der Waals surface area contributed by atoms with Crippen molar-refractivity contribution in [3.63, 3.8) is 0 Å². The van der Waals surface area contributed by atoms with E-state index in [0.29, 0.717) is 12.3 Å². The van der Waals surface area contributed by atoms with Gasteiger partial charge in [0.2, 0.25) is 0 Å². The second kappa shape index (κ2) is 15.5. The molecule has 0 rings (SSSR count). The summed E-state index contributed by atoms with van der Waals surface area (Å²) in [7, 11) is 0. The van der Waals surface area contributed by atoms with E-state index in [1.807, 2.05) is 13.8 Å². The van der Waals surface area contributed by atoms with Gasteiger partial charge < -0.3 is 4.74 Å². The Balaban J connectivity index is 6.29. The first kappa shape index (κ1) is 38.4. The van der Waals surface area contributed by atoms with Crippen molar-refractivity contribution in [3.8, 4) is 0 Å². The molecule has 0 radical (unpaired) electrons. The van der Waals surface area contributed by atoms with E-state index in [1.165, 1.54) is 18.2 Å². The zero-order chi connectivity index (χ0) is 32.4. The lowest BCUT2D eigenvalue weighted by atomic mass is 9.77. The molecule has 0 atom stereocenters. The minimum absolute atomic E-state index is 0.134. The van der Waals surface area contributed by atoms with Gasteiger partial charge >= 0.3 is 12.3 Å². The summed E-state index contributed by atoms with van der Waals surface area (Å²) in [5, 5.41) is 0. The van der Waals surface area contributed by atoms with Gasteiger partial charge in [-0.25, -0.2) is 17.6 Å². The zero-order valence-electron chi connectivity index (χ0n) is 24.9. The molecule has 0 unspecified atom stereocenters. The molecule has 0 aromatic carbocycles. The molecular formula is C31H41F9O. The van der Waals surface area contributed by atoms with Crippen molar-refractivity contribution in [1.82, 2.24) is 0 Å². The fraction of sp³-hybridized carbons (Fsp3) is 0.548. The van der Waals surface area contributed by atoms with Crippen molar-refractivity contribution in [3.05, 3.63) is 83.2 Å². The van der Waals surface area contributed by atoms with Crippen LogP contribution in [0.1, 0.15) is 81.1 Å². The zero-order valence-corrected chi connectivity index (χ0v) is 24.9. The molecule has 0 aromatic rings. The number of alkyl halides is 5. The topological polar surface area (TPSA) is 9.23 Å². The van der Waals surface area contributed by atoms with Gasteiger partial charge in [-0.2, -0.15) is 22.0 Å². The number of hydrogen-bond acceptors (Lipinski definition) is 1. The molecule has 0 saturated heterocycles. The number of allylic oxidation sites excluding steroid dienone is 11. The van der Waals surface area contributed by atoms with Crippen molar-refractivity contribution in [1.29, 1.82) is 0 Å². The number of ether oxygens (including phenoxy) is 1. The maximum Gasteiger partial charge on any atom is 0.407 e. The quantitative estimate of drug-likeness (QED) is 0.103. The van der Waals surface area contributed by atoms with Crippen LogP contribution in [0.4, 0.5) is 39.5 Å². The van der Waals surface area contributed by atoms with Gasteiger partial charge in [-0.15, -0.1) is 0 Å². The van der Waals surface area contributed by atoms with Crippen LogP contribution in [0.5, 0.6) is 0 Å². The van der Waals surface area contributed by atoms with Crippen LogP contribution in [-0.4, -0.2) is 12.3 Å². The highest BCUT2D eigenvalue weighted by Crippen LogP contribution is 2.49. The summed E-state index contributed by atoms with van der Waals surface area (Å²) in [6.07, 6.45) is -4.44. The highest BCUT2D eigenvalue weighted by molar-refractivity contribution is 5.38. The Morgan fingerprint density at radius 1 is 0.902 bits per heavy atom. The lowest BCUT2D eigenvalue weighted by Crippen LogP contribution is -2.41. The maximum absolute atomic E-state index is 15.4. The third-order valence-electron chi connectivity index (χ3n) is 6.26. The van der Waals surface area contributed by atoms with Crippen LogP contribution < -0.4 is 0 Å². The summed E-state index contributed by atoms with van der Waals surface area (Å²) in [6.45, 7) is 14.1. The molecule has 0 aromatic heterocycles. The molecule has 41 heavy (non-hydrogen) atoms. The van der Waals surface area contributed by atoms with Crippen LogP contribution >= 0.6 is 0 Å². The van der Waals surface area contributed by atoms with Crippen molar-refractivity contribution in [2.75, 3.05) is 0 Å². The first-order valence-corrected chi connectivity index (χ1v) is 13.1. The van der Waals surface area contributed by atoms with Gasteiger partial charge in [0.25, 0.3) is 0 Å². The summed E-state index contributed by atoms with van der Waals surface area (Å²) in [5.74, 6) is -5.65. The monoisotopic (exact) mass is 600 g/mol. The van der Waals surface area contributed by atoms with Gasteiger partial charge in [-0.05, 0) is 82.1 Å². The fourth-order valence-corrected chi connectivity index (χ4v) is 3.84. The Hall–Kier alpha value is -2.65. The highest BCUT2D eigenvalue weighted by Gasteiger charge is 2.54. The molecule has 0 heterocycles. The molecule has 0 bridgehead atoms. The number of hydrogen-bond donors (Lipinski definition) is 0. The number of halogens is 9. The lowest BCUT2D eigenvalue weighted by Gasteiger charge is -2.35. The Bertz CT molecular complexity index is 1080. The molecule has 0 amide bonds. The summed E-state index contributed by atoms with van der Waals surface area (Å²) in [6, 6.07) is 0. The third kappa shape index (κ3) is 12.4. The predicted octanol–water partition coefficient (Wildman–Crippen LogP) is 12.2. The average Bonchev–Trinajstić information content (AvgIpc) is 2.78. The van der Waals surface area contributed by atoms with Crippen molar-refractivity contribution >= 4 is 0 Å². The van der Waals surface area contributed by atoms with Gasteiger partial charge in [-0.1, -0.05) is 46.4 Å². The van der Waals surface area contributed by atoms with Gasteiger partial charge in [0, 0.05) is 11.6 Å². The van der Waals surface area contributed by atoms with Gasteiger partial charge in [-0.3, -0.25) is 0 Å². The standard InChI is InChI=1S/C31H41F9O/c1-10-13-24(25(34)15-12-14-20(3)4)28(6,7)17-16-26(35)27(21(5)32)29(8,9)31(39,40)41-23(11-2)18-22(33)19-30(36,37)38/h10-11,13,15-16,18,20H,1,12,14,17,19H2,2-9H3/b22-18+,23-11+,24-13+,25-15+,26-16+,27-21-. The van der Waals surface area contributed by atoms with E-state index in [4.69, 9.17) is 0 Å². The van der Waals surface area contributed by atoms with E-state index < -0.39 is 64.2 Å². The van der Waals surface area contributed by atoms with E-state index in [2.05, 4.69) is 11.3 Å². The van der Waals surface area contributed by atoms with E-state index in [0.717, 1.165) is 46.3 Å². The van der Waals surface area contributed by atoms with E-state index in [-0.39, 0.29) is 18.1 Å². The first-order valence-electron chi connectivity index (χ1n) is 13.1. The molecule has 1 nitrogen and oxygen atoms in total. The third-order valence-corrected chi connectivity index (χ3v) is 6.26. The summed E-state index contributed by atoms with van der Waals surface area (Å²) in [5.41, 5.74) is -4.68. The fourth-order valence-electron chi connectivity index (χ4n) is 3.84. The van der Waals surface area contributed by atoms with Gasteiger partial charge in [0.05, 0.1) is 11.8 Å². The summed E-state index contributed by atoms with van der Waals surface area (Å²) in [4.78, 5) is 0. The van der Waals surface area contributed by atoms with Crippen molar-refractivity contribution < 1.29 is 44.3 Å². The van der Waals surface area contributed by atoms with E-state index >= 15 is 17.6 Å². The first-order chi connectivity index (χ1) is 18.5. The molecule has 0 saturated carbocycles. The van der Waals surface area contributed by atoms with E-state index in [1.54, 1.807) is 13.8 Å². The molecule has 10 heteroatoms. The van der Waals surface area contributed by atoms with Crippen molar-refractivity contribution in [2.24, 2.45) is 16.7 Å². The second-order valence-corrected chi connectivity index (χ2v) is 11.2. The summed E-state index contributed by atoms with van der Waals surface area (Å²) >= 11 is 0. The van der Waals surface area contributed by atoms with E-state index in [9.17, 15) is 22.0 Å². The van der Waals surface area contributed by atoms with Crippen LogP contribution in [-0.2, 0) is 4.74 Å². The van der Waals surface area contributed by atoms with Gasteiger partial charge in [0.1, 0.15) is 29.1 Å². The van der Waals surface area contributed by atoms with Crippen LogP contribution in [0.2, 0.25) is 0 Å². The molecular weight excluding hydrogens is 559 g/mol. The predicted molar refractivity (Wildman–Crippen MR) is 146 cm³/mol. The Kier molecular flexibility index (Phi) is 14.5. The van der Waals surface area contributed by atoms with Crippen LogP contribution in [0, 0.1) is 16.7 Å². The van der Waals surface area contributed by atoms with Gasteiger partial charge in [0.15, 0.2) is 0 Å². The highest BCUT2D eigenvalue weighted by atomic mass is 19.4. The lowest BCUT2D eigenvalue weighted by molar-refractivity contribution is -0.267. The molecule has 0 N–H and O–H groups in total. The SMILES string of the molecule is C=C/C=C(\C(F)=C/CCC(C)C)C(C)(C)C/C=C(F)\C(=C(/C)F)C(C)(C)C(F)(F)OC(/C=C(/F)CC(F)(F)F)=C/C. The van der Waals surface area contributed by atoms with Crippen LogP contribution in [0.15, 0.2) is 83.2 Å². The Morgan fingerprint density at radius 3 is 1.90 bits per heavy atom. The Morgan fingerprint density at radius 2 is 1.46 bits per heavy atom. The minimum Gasteiger partial charge on any atom is -0.432 e. The largest absolute Gasteiger partial charge is 0.432 e. The molecule has 0 aliphatic carbocycles. The van der Waals surface area contributed by atoms with Crippen molar-refractivity contribution in [2.45, 2.75) is 93.4 Å². The van der Waals surface area contributed by atoms with Crippen LogP contribution in [0.3, 0.4) is 0 Å². The Labute approximate surface area is 237 Å². The maximum atomic E-state index is 15.4. The smallest absolute Gasteiger partial charge is 0.407 e. The molecule has 0 spiro atoms. The van der Waals surface area contributed by atoms with Crippen LogP contribution in [0.25, 0.3) is 0 Å². The molecule has 234 valence electrons. The normalized spacial score (nSPS) is 16.3. The summed E-state index contributed by atoms with van der Waals surface area (Å²) < 4.78 is 131. The molecule has 0 fully saturated rings. The molecule has 0 aliphatic rings. The minimum atomic E-state index is -4.93. The average molecular weight is 601 g/mol. The number of rotatable bonds is 15. The molecule has 0 aliphatic heterocycles.